The molecule has 2 aromatic rings. The molecule has 1 heterocycles. The van der Waals surface area contributed by atoms with Crippen LogP contribution in [0.4, 0.5) is 13.2 Å². The van der Waals surface area contributed by atoms with Crippen LogP contribution >= 0.6 is 0 Å². The Morgan fingerprint density at radius 1 is 1.24 bits per heavy atom. The van der Waals surface area contributed by atoms with E-state index in [9.17, 15) is 21.6 Å². The molecule has 0 spiro atoms. The van der Waals surface area contributed by atoms with E-state index in [1.165, 1.54) is 12.1 Å². The molecule has 8 heteroatoms. The van der Waals surface area contributed by atoms with Crippen LogP contribution in [0.3, 0.4) is 0 Å². The largest absolute Gasteiger partial charge is 0.416 e. The summed E-state index contributed by atoms with van der Waals surface area (Å²) in [6.07, 6.45) is 0.106. The summed E-state index contributed by atoms with van der Waals surface area (Å²) in [7, 11) is -3.35. The van der Waals surface area contributed by atoms with Gasteiger partial charge < -0.3 is 0 Å². The molecule has 1 unspecified atom stereocenters. The van der Waals surface area contributed by atoms with Crippen LogP contribution in [0.5, 0.6) is 0 Å². The van der Waals surface area contributed by atoms with Gasteiger partial charge in [0.05, 0.1) is 11.3 Å². The molecule has 0 saturated heterocycles. The standard InChI is InChI=1S/C17H17F3N2O2S.H2/c1-2-25(23,24)22-16-8-7-13-14(9-21-10-15(13)16)11-3-5-12(6-4-11)17(18,19)20;/h3-6,9-10,16,22H,2,7-8H2,1H3;1H. The fourth-order valence-electron chi connectivity index (χ4n) is 3.04. The molecule has 1 aromatic carbocycles. The van der Waals surface area contributed by atoms with Gasteiger partial charge in [0.15, 0.2) is 0 Å². The molecule has 4 nitrogen and oxygen atoms in total. The van der Waals surface area contributed by atoms with Crippen molar-refractivity contribution in [1.82, 2.24) is 9.71 Å². The zero-order chi connectivity index (χ0) is 18.2. The second-order valence-corrected chi connectivity index (χ2v) is 7.99. The third-order valence-corrected chi connectivity index (χ3v) is 5.78. The predicted octanol–water partition coefficient (Wildman–Crippen LogP) is 3.94. The molecule has 25 heavy (non-hydrogen) atoms. The normalized spacial score (nSPS) is 17.5. The average molecular weight is 372 g/mol. The maximum atomic E-state index is 12.7. The number of hydrogen-bond acceptors (Lipinski definition) is 3. The second-order valence-electron chi connectivity index (χ2n) is 5.94. The lowest BCUT2D eigenvalue weighted by atomic mass is 9.98. The van der Waals surface area contributed by atoms with E-state index >= 15 is 0 Å². The Kier molecular flexibility index (Phi) is 4.59. The number of pyridine rings is 1. The number of alkyl halides is 3. The quantitative estimate of drug-likeness (QED) is 0.884. The molecule has 0 fully saturated rings. The van der Waals surface area contributed by atoms with Crippen molar-refractivity contribution in [3.8, 4) is 11.1 Å². The lowest BCUT2D eigenvalue weighted by Gasteiger charge is -2.14. The van der Waals surface area contributed by atoms with Gasteiger partial charge in [-0.05, 0) is 48.6 Å². The van der Waals surface area contributed by atoms with Crippen LogP contribution in [-0.4, -0.2) is 19.2 Å². The van der Waals surface area contributed by atoms with Crippen LogP contribution < -0.4 is 4.72 Å². The summed E-state index contributed by atoms with van der Waals surface area (Å²) in [4.78, 5) is 4.15. The van der Waals surface area contributed by atoms with Gasteiger partial charge in [0.1, 0.15) is 0 Å². The third kappa shape index (κ3) is 3.69. The molecule has 0 amide bonds. The first kappa shape index (κ1) is 17.9. The molecule has 136 valence electrons. The SMILES string of the molecule is CCS(=O)(=O)NC1CCc2c(-c3ccc(C(F)(F)F)cc3)cncc21.[HH]. The molecule has 1 aromatic heterocycles. The molecular formula is C17H19F3N2O2S. The fourth-order valence-corrected chi connectivity index (χ4v) is 3.88. The van der Waals surface area contributed by atoms with Gasteiger partial charge in [0.25, 0.3) is 0 Å². The van der Waals surface area contributed by atoms with E-state index in [0.29, 0.717) is 18.4 Å². The summed E-state index contributed by atoms with van der Waals surface area (Å²) in [5.74, 6) is -0.00907. The number of halogens is 3. The first-order valence-corrected chi connectivity index (χ1v) is 9.51. The summed E-state index contributed by atoms with van der Waals surface area (Å²) in [6.45, 7) is 1.56. The van der Waals surface area contributed by atoms with Crippen molar-refractivity contribution in [3.05, 3.63) is 53.3 Å². The zero-order valence-corrected chi connectivity index (χ0v) is 14.3. The van der Waals surface area contributed by atoms with Crippen molar-refractivity contribution < 1.29 is 23.0 Å². The van der Waals surface area contributed by atoms with Gasteiger partial charge in [-0.2, -0.15) is 13.2 Å². The Labute approximate surface area is 145 Å². The molecule has 0 radical (unpaired) electrons. The predicted molar refractivity (Wildman–Crippen MR) is 90.4 cm³/mol. The Balaban J connectivity index is 0.00000243. The number of nitrogens with one attached hydrogen (secondary N) is 1. The summed E-state index contributed by atoms with van der Waals surface area (Å²) < 4.78 is 64.4. The van der Waals surface area contributed by atoms with Crippen molar-refractivity contribution in [1.29, 1.82) is 0 Å². The minimum absolute atomic E-state index is 0. The number of aromatic nitrogens is 1. The number of nitrogens with zero attached hydrogens (tertiary/aromatic N) is 1. The van der Waals surface area contributed by atoms with E-state index in [-0.39, 0.29) is 13.2 Å². The van der Waals surface area contributed by atoms with Gasteiger partial charge in [-0.15, -0.1) is 0 Å². The van der Waals surface area contributed by atoms with E-state index in [4.69, 9.17) is 0 Å². The second kappa shape index (κ2) is 6.42. The zero-order valence-electron chi connectivity index (χ0n) is 13.5. The highest BCUT2D eigenvalue weighted by Gasteiger charge is 2.31. The van der Waals surface area contributed by atoms with E-state index in [1.54, 1.807) is 19.3 Å². The summed E-state index contributed by atoms with van der Waals surface area (Å²) in [5, 5.41) is 0. The molecule has 0 bridgehead atoms. The molecular weight excluding hydrogens is 353 g/mol. The van der Waals surface area contributed by atoms with Crippen molar-refractivity contribution in [3.63, 3.8) is 0 Å². The summed E-state index contributed by atoms with van der Waals surface area (Å²) in [5.41, 5.74) is 2.39. The smallest absolute Gasteiger partial charge is 0.264 e. The van der Waals surface area contributed by atoms with Crippen molar-refractivity contribution in [2.45, 2.75) is 32.0 Å². The number of benzene rings is 1. The Morgan fingerprint density at radius 3 is 2.52 bits per heavy atom. The minimum atomic E-state index is -4.38. The van der Waals surface area contributed by atoms with Gasteiger partial charge in [-0.3, -0.25) is 4.98 Å². The van der Waals surface area contributed by atoms with Crippen LogP contribution in [0.1, 0.15) is 37.5 Å². The van der Waals surface area contributed by atoms with Crippen molar-refractivity contribution in [2.24, 2.45) is 0 Å². The first-order chi connectivity index (χ1) is 11.7. The van der Waals surface area contributed by atoms with Crippen molar-refractivity contribution in [2.75, 3.05) is 5.75 Å². The van der Waals surface area contributed by atoms with E-state index in [0.717, 1.165) is 28.8 Å². The highest BCUT2D eigenvalue weighted by atomic mass is 32.2. The summed E-state index contributed by atoms with van der Waals surface area (Å²) in [6, 6.07) is 4.58. The van der Waals surface area contributed by atoms with Gasteiger partial charge >= 0.3 is 6.18 Å². The highest BCUT2D eigenvalue weighted by molar-refractivity contribution is 7.89. The Hall–Kier alpha value is -1.93. The molecule has 1 aliphatic rings. The van der Waals surface area contributed by atoms with Crippen LogP contribution in [0.25, 0.3) is 11.1 Å². The average Bonchev–Trinajstić information content (AvgIpc) is 2.97. The number of hydrogen-bond donors (Lipinski definition) is 1. The van der Waals surface area contributed by atoms with E-state index < -0.39 is 21.8 Å². The van der Waals surface area contributed by atoms with Gasteiger partial charge in [0.2, 0.25) is 10.0 Å². The number of sulfonamides is 1. The minimum Gasteiger partial charge on any atom is -0.264 e. The Morgan fingerprint density at radius 2 is 1.92 bits per heavy atom. The molecule has 1 N–H and O–H groups in total. The summed E-state index contributed by atoms with van der Waals surface area (Å²) >= 11 is 0. The monoisotopic (exact) mass is 372 g/mol. The topological polar surface area (TPSA) is 59.1 Å². The maximum absolute atomic E-state index is 12.7. The van der Waals surface area contributed by atoms with E-state index in [1.807, 2.05) is 0 Å². The van der Waals surface area contributed by atoms with Gasteiger partial charge in [-0.25, -0.2) is 13.1 Å². The van der Waals surface area contributed by atoms with Crippen molar-refractivity contribution >= 4 is 10.0 Å². The van der Waals surface area contributed by atoms with E-state index in [2.05, 4.69) is 9.71 Å². The number of fused-ring (bicyclic) bond motifs is 1. The maximum Gasteiger partial charge on any atom is 0.416 e. The van der Waals surface area contributed by atoms with Crippen LogP contribution in [0.2, 0.25) is 0 Å². The lowest BCUT2D eigenvalue weighted by molar-refractivity contribution is -0.137. The number of rotatable bonds is 4. The Bertz CT molecular complexity index is 884. The first-order valence-electron chi connectivity index (χ1n) is 7.85. The van der Waals surface area contributed by atoms with Gasteiger partial charge in [-0.1, -0.05) is 12.1 Å². The molecule has 0 saturated carbocycles. The van der Waals surface area contributed by atoms with Crippen LogP contribution in [-0.2, 0) is 22.6 Å². The molecule has 3 rings (SSSR count). The molecule has 1 aliphatic carbocycles. The molecule has 0 aliphatic heterocycles. The van der Waals surface area contributed by atoms with Crippen LogP contribution in [0, 0.1) is 0 Å². The molecule has 1 atom stereocenters. The van der Waals surface area contributed by atoms with Gasteiger partial charge in [0, 0.05) is 25.4 Å². The fraction of sp³-hybridized carbons (Fsp3) is 0.353. The lowest BCUT2D eigenvalue weighted by Crippen LogP contribution is -2.28. The highest BCUT2D eigenvalue weighted by Crippen LogP contribution is 2.38. The van der Waals surface area contributed by atoms with Crippen LogP contribution in [0.15, 0.2) is 36.7 Å². The third-order valence-electron chi connectivity index (χ3n) is 4.37.